The molecule has 2 nitrogen and oxygen atoms in total. The van der Waals surface area contributed by atoms with Gasteiger partial charge in [0.15, 0.2) is 0 Å². The highest BCUT2D eigenvalue weighted by atomic mass is 16.3. The number of rotatable bonds is 2. The van der Waals surface area contributed by atoms with Crippen LogP contribution in [-0.4, -0.2) is 11.7 Å². The third-order valence-corrected chi connectivity index (χ3v) is 2.91. The molecule has 0 bridgehead atoms. The highest BCUT2D eigenvalue weighted by Gasteiger charge is 2.18. The molecule has 0 aromatic heterocycles. The molecule has 2 heteroatoms. The molecule has 1 aliphatic heterocycles. The number of nitrogens with one attached hydrogen (secondary N) is 1. The zero-order valence-corrected chi connectivity index (χ0v) is 8.59. The zero-order valence-electron chi connectivity index (χ0n) is 8.59. The summed E-state index contributed by atoms with van der Waals surface area (Å²) in [4.78, 5) is 0. The van der Waals surface area contributed by atoms with Crippen LogP contribution in [0.2, 0.25) is 0 Å². The van der Waals surface area contributed by atoms with Gasteiger partial charge in [0, 0.05) is 6.04 Å². The van der Waals surface area contributed by atoms with E-state index in [1.807, 2.05) is 6.07 Å². The minimum absolute atomic E-state index is 0.147. The quantitative estimate of drug-likeness (QED) is 0.748. The van der Waals surface area contributed by atoms with Gasteiger partial charge in [0.1, 0.15) is 0 Å². The third-order valence-electron chi connectivity index (χ3n) is 2.91. The van der Waals surface area contributed by atoms with Gasteiger partial charge in [0.2, 0.25) is 0 Å². The summed E-state index contributed by atoms with van der Waals surface area (Å²) in [6.45, 7) is 3.34. The first-order valence-corrected chi connectivity index (χ1v) is 5.25. The monoisotopic (exact) mass is 191 g/mol. The maximum absolute atomic E-state index is 9.24. The standard InChI is InChI=1S/C12H17NO/c1-9-4-5-10(8-14)11(7-9)12-3-2-6-13-12/h4-5,7,12-14H,2-3,6,8H2,1H3/t12-/m0/s1. The molecule has 1 heterocycles. The highest BCUT2D eigenvalue weighted by molar-refractivity contribution is 5.34. The lowest BCUT2D eigenvalue weighted by Gasteiger charge is -2.15. The van der Waals surface area contributed by atoms with Gasteiger partial charge in [0.05, 0.1) is 6.61 Å². The van der Waals surface area contributed by atoms with Crippen molar-refractivity contribution in [2.75, 3.05) is 6.54 Å². The fourth-order valence-corrected chi connectivity index (χ4v) is 2.13. The number of hydrogen-bond acceptors (Lipinski definition) is 2. The second kappa shape index (κ2) is 4.11. The van der Waals surface area contributed by atoms with Gasteiger partial charge in [-0.05, 0) is 37.4 Å². The molecule has 0 spiro atoms. The summed E-state index contributed by atoms with van der Waals surface area (Å²) in [5.41, 5.74) is 3.62. The lowest BCUT2D eigenvalue weighted by Crippen LogP contribution is -2.14. The van der Waals surface area contributed by atoms with Crippen molar-refractivity contribution < 1.29 is 5.11 Å². The first kappa shape index (κ1) is 9.69. The van der Waals surface area contributed by atoms with Gasteiger partial charge in [-0.1, -0.05) is 23.8 Å². The summed E-state index contributed by atoms with van der Waals surface area (Å²) in [5, 5.41) is 12.7. The second-order valence-corrected chi connectivity index (χ2v) is 4.01. The van der Waals surface area contributed by atoms with E-state index in [9.17, 15) is 5.11 Å². The van der Waals surface area contributed by atoms with Crippen molar-refractivity contribution in [3.63, 3.8) is 0 Å². The van der Waals surface area contributed by atoms with Crippen LogP contribution in [0.1, 0.15) is 35.6 Å². The van der Waals surface area contributed by atoms with E-state index in [4.69, 9.17) is 0 Å². The summed E-state index contributed by atoms with van der Waals surface area (Å²) >= 11 is 0. The van der Waals surface area contributed by atoms with E-state index in [0.717, 1.165) is 12.1 Å². The Bertz CT molecular complexity index is 316. The maximum atomic E-state index is 9.24. The van der Waals surface area contributed by atoms with Crippen molar-refractivity contribution in [1.29, 1.82) is 0 Å². The van der Waals surface area contributed by atoms with Crippen LogP contribution >= 0.6 is 0 Å². The average Bonchev–Trinajstić information content (AvgIpc) is 2.70. The molecule has 1 atom stereocenters. The molecule has 2 rings (SSSR count). The van der Waals surface area contributed by atoms with Gasteiger partial charge in [-0.25, -0.2) is 0 Å². The molecule has 0 aliphatic carbocycles. The second-order valence-electron chi connectivity index (χ2n) is 4.01. The van der Waals surface area contributed by atoms with Gasteiger partial charge >= 0.3 is 0 Å². The minimum Gasteiger partial charge on any atom is -0.392 e. The van der Waals surface area contributed by atoms with Gasteiger partial charge in [-0.3, -0.25) is 0 Å². The van der Waals surface area contributed by atoms with Crippen LogP contribution in [0.5, 0.6) is 0 Å². The summed E-state index contributed by atoms with van der Waals surface area (Å²) < 4.78 is 0. The first-order valence-electron chi connectivity index (χ1n) is 5.25. The van der Waals surface area contributed by atoms with Gasteiger partial charge in [0.25, 0.3) is 0 Å². The molecular formula is C12H17NO. The first-order chi connectivity index (χ1) is 6.81. The minimum atomic E-state index is 0.147. The van der Waals surface area contributed by atoms with Crippen molar-refractivity contribution >= 4 is 0 Å². The Balaban J connectivity index is 2.33. The Morgan fingerprint density at radius 3 is 3.00 bits per heavy atom. The molecule has 76 valence electrons. The van der Waals surface area contributed by atoms with E-state index < -0.39 is 0 Å². The topological polar surface area (TPSA) is 32.3 Å². The molecule has 0 unspecified atom stereocenters. The molecule has 0 radical (unpaired) electrons. The van der Waals surface area contributed by atoms with Gasteiger partial charge < -0.3 is 10.4 Å². The molecule has 14 heavy (non-hydrogen) atoms. The fraction of sp³-hybridized carbons (Fsp3) is 0.500. The Labute approximate surface area is 85.0 Å². The molecule has 2 N–H and O–H groups in total. The maximum Gasteiger partial charge on any atom is 0.0685 e. The molecular weight excluding hydrogens is 174 g/mol. The van der Waals surface area contributed by atoms with Crippen molar-refractivity contribution in [3.8, 4) is 0 Å². The Morgan fingerprint density at radius 2 is 2.36 bits per heavy atom. The van der Waals surface area contributed by atoms with Crippen molar-refractivity contribution in [2.45, 2.75) is 32.4 Å². The summed E-state index contributed by atoms with van der Waals surface area (Å²) in [6, 6.07) is 6.74. The molecule has 1 aliphatic rings. The number of aryl methyl sites for hydroxylation is 1. The highest BCUT2D eigenvalue weighted by Crippen LogP contribution is 2.26. The van der Waals surface area contributed by atoms with Crippen LogP contribution in [0.3, 0.4) is 0 Å². The molecule has 0 saturated carbocycles. The Kier molecular flexibility index (Phi) is 2.85. The fourth-order valence-electron chi connectivity index (χ4n) is 2.13. The van der Waals surface area contributed by atoms with E-state index in [2.05, 4.69) is 24.4 Å². The predicted octanol–water partition coefficient (Wildman–Crippen LogP) is 1.91. The number of aliphatic hydroxyl groups is 1. The summed E-state index contributed by atoms with van der Waals surface area (Å²) in [6.07, 6.45) is 2.43. The summed E-state index contributed by atoms with van der Waals surface area (Å²) in [7, 11) is 0. The van der Waals surface area contributed by atoms with Crippen LogP contribution in [0, 0.1) is 6.92 Å². The van der Waals surface area contributed by atoms with Crippen molar-refractivity contribution in [3.05, 3.63) is 34.9 Å². The van der Waals surface area contributed by atoms with E-state index in [0.29, 0.717) is 6.04 Å². The van der Waals surface area contributed by atoms with Gasteiger partial charge in [-0.2, -0.15) is 0 Å². The largest absolute Gasteiger partial charge is 0.392 e. The van der Waals surface area contributed by atoms with Crippen LogP contribution in [0.25, 0.3) is 0 Å². The van der Waals surface area contributed by atoms with Gasteiger partial charge in [-0.15, -0.1) is 0 Å². The third kappa shape index (κ3) is 1.81. The van der Waals surface area contributed by atoms with Crippen LogP contribution in [0.4, 0.5) is 0 Å². The number of hydrogen-bond donors (Lipinski definition) is 2. The average molecular weight is 191 g/mol. The van der Waals surface area contributed by atoms with Crippen LogP contribution in [0.15, 0.2) is 18.2 Å². The normalized spacial score (nSPS) is 21.4. The smallest absolute Gasteiger partial charge is 0.0685 e. The van der Waals surface area contributed by atoms with Crippen molar-refractivity contribution in [1.82, 2.24) is 5.32 Å². The van der Waals surface area contributed by atoms with E-state index in [1.54, 1.807) is 0 Å². The number of aliphatic hydroxyl groups excluding tert-OH is 1. The zero-order chi connectivity index (χ0) is 9.97. The molecule has 1 saturated heterocycles. The SMILES string of the molecule is Cc1ccc(CO)c([C@@H]2CCCN2)c1. The predicted molar refractivity (Wildman–Crippen MR) is 57.1 cm³/mol. The molecule has 1 fully saturated rings. The van der Waals surface area contributed by atoms with Crippen LogP contribution in [-0.2, 0) is 6.61 Å². The van der Waals surface area contributed by atoms with Crippen LogP contribution < -0.4 is 5.32 Å². The van der Waals surface area contributed by atoms with E-state index in [1.165, 1.54) is 24.0 Å². The van der Waals surface area contributed by atoms with E-state index >= 15 is 0 Å². The molecule has 0 amide bonds. The summed E-state index contributed by atoms with van der Waals surface area (Å²) in [5.74, 6) is 0. The Morgan fingerprint density at radius 1 is 1.50 bits per heavy atom. The molecule has 1 aromatic carbocycles. The molecule has 1 aromatic rings. The lowest BCUT2D eigenvalue weighted by atomic mass is 9.97. The van der Waals surface area contributed by atoms with Crippen molar-refractivity contribution in [2.24, 2.45) is 0 Å². The van der Waals surface area contributed by atoms with E-state index in [-0.39, 0.29) is 6.61 Å². The lowest BCUT2D eigenvalue weighted by molar-refractivity contribution is 0.279. The number of benzene rings is 1. The Hall–Kier alpha value is -0.860.